The van der Waals surface area contributed by atoms with Gasteiger partial charge in [-0.25, -0.2) is 8.42 Å². The maximum absolute atomic E-state index is 12.8. The summed E-state index contributed by atoms with van der Waals surface area (Å²) in [5.41, 5.74) is 1.45. The second-order valence-corrected chi connectivity index (χ2v) is 8.80. The highest BCUT2D eigenvalue weighted by atomic mass is 32.2. The zero-order valence-corrected chi connectivity index (χ0v) is 17.1. The number of morpholine rings is 1. The summed E-state index contributed by atoms with van der Waals surface area (Å²) in [7, 11) is -3.58. The average molecular weight is 433 g/mol. The summed E-state index contributed by atoms with van der Waals surface area (Å²) >= 11 is 0. The predicted octanol–water partition coefficient (Wildman–Crippen LogP) is 1.16. The van der Waals surface area contributed by atoms with Crippen molar-refractivity contribution in [2.45, 2.75) is 11.4 Å². The number of sulfonamides is 1. The minimum atomic E-state index is -3.58. The Morgan fingerprint density at radius 1 is 1.03 bits per heavy atom. The monoisotopic (exact) mass is 433 g/mol. The molecule has 0 aliphatic carbocycles. The van der Waals surface area contributed by atoms with Crippen molar-refractivity contribution in [3.63, 3.8) is 0 Å². The van der Waals surface area contributed by atoms with Gasteiger partial charge in [0.25, 0.3) is 0 Å². The number of carbonyl (C=O) groups excluding carboxylic acids is 1. The largest absolute Gasteiger partial charge is 0.454 e. The van der Waals surface area contributed by atoms with Crippen LogP contribution >= 0.6 is 0 Å². The van der Waals surface area contributed by atoms with Gasteiger partial charge in [-0.1, -0.05) is 12.1 Å². The Morgan fingerprint density at radius 2 is 1.83 bits per heavy atom. The highest BCUT2D eigenvalue weighted by molar-refractivity contribution is 7.89. The highest BCUT2D eigenvalue weighted by Crippen LogP contribution is 2.32. The standard InChI is InChI=1S/C20H23N3O6S/c24-20(22-12-15-4-5-18-19(10-15)29-14-28-18)13-21-16-2-1-3-17(11-16)30(25,26)23-6-8-27-9-7-23/h1-5,10-11,21H,6-9,12-14H2,(H,22,24). The number of nitrogens with one attached hydrogen (secondary N) is 2. The first-order valence-electron chi connectivity index (χ1n) is 9.59. The molecule has 30 heavy (non-hydrogen) atoms. The SMILES string of the molecule is O=C(CNc1cccc(S(=O)(=O)N2CCOCC2)c1)NCc1ccc2c(c1)OCO2. The molecule has 2 N–H and O–H groups in total. The van der Waals surface area contributed by atoms with Crippen molar-refractivity contribution in [1.29, 1.82) is 0 Å². The number of hydrogen-bond donors (Lipinski definition) is 2. The topological polar surface area (TPSA) is 106 Å². The van der Waals surface area contributed by atoms with E-state index in [1.165, 1.54) is 10.4 Å². The summed E-state index contributed by atoms with van der Waals surface area (Å²) in [4.78, 5) is 12.4. The zero-order valence-electron chi connectivity index (χ0n) is 16.3. The first-order valence-corrected chi connectivity index (χ1v) is 11.0. The van der Waals surface area contributed by atoms with E-state index in [1.807, 2.05) is 18.2 Å². The third-order valence-electron chi connectivity index (χ3n) is 4.82. The molecular formula is C20H23N3O6S. The molecule has 1 fully saturated rings. The molecule has 0 radical (unpaired) electrons. The lowest BCUT2D eigenvalue weighted by Gasteiger charge is -2.26. The first-order chi connectivity index (χ1) is 14.5. The van der Waals surface area contributed by atoms with Gasteiger partial charge in [-0.3, -0.25) is 4.79 Å². The van der Waals surface area contributed by atoms with E-state index in [2.05, 4.69) is 10.6 Å². The van der Waals surface area contributed by atoms with Crippen LogP contribution < -0.4 is 20.1 Å². The van der Waals surface area contributed by atoms with Gasteiger partial charge in [0.1, 0.15) is 0 Å². The Morgan fingerprint density at radius 3 is 2.67 bits per heavy atom. The summed E-state index contributed by atoms with van der Waals surface area (Å²) < 4.78 is 42.7. The molecular weight excluding hydrogens is 410 g/mol. The van der Waals surface area contributed by atoms with Crippen LogP contribution in [0.5, 0.6) is 11.5 Å². The fraction of sp³-hybridized carbons (Fsp3) is 0.350. The molecule has 4 rings (SSSR count). The van der Waals surface area contributed by atoms with Crippen molar-refractivity contribution >= 4 is 21.6 Å². The van der Waals surface area contributed by atoms with Crippen LogP contribution in [0.25, 0.3) is 0 Å². The Labute approximate surface area is 175 Å². The molecule has 0 bridgehead atoms. The Balaban J connectivity index is 1.31. The number of benzene rings is 2. The maximum atomic E-state index is 12.8. The summed E-state index contributed by atoms with van der Waals surface area (Å²) in [6.45, 7) is 2.02. The number of hydrogen-bond acceptors (Lipinski definition) is 7. The van der Waals surface area contributed by atoms with Gasteiger partial charge in [0.2, 0.25) is 22.7 Å². The van der Waals surface area contributed by atoms with Crippen LogP contribution in [0, 0.1) is 0 Å². The molecule has 1 saturated heterocycles. The van der Waals surface area contributed by atoms with E-state index >= 15 is 0 Å². The smallest absolute Gasteiger partial charge is 0.243 e. The van der Waals surface area contributed by atoms with Crippen LogP contribution in [-0.4, -0.2) is 58.3 Å². The number of ether oxygens (including phenoxy) is 3. The number of anilines is 1. The lowest BCUT2D eigenvalue weighted by molar-refractivity contribution is -0.119. The number of rotatable bonds is 7. The molecule has 10 heteroatoms. The lowest BCUT2D eigenvalue weighted by atomic mass is 10.2. The van der Waals surface area contributed by atoms with E-state index in [0.29, 0.717) is 50.0 Å². The van der Waals surface area contributed by atoms with Crippen molar-refractivity contribution in [3.05, 3.63) is 48.0 Å². The van der Waals surface area contributed by atoms with E-state index in [1.54, 1.807) is 18.2 Å². The molecule has 2 aliphatic rings. The van der Waals surface area contributed by atoms with Crippen molar-refractivity contribution in [3.8, 4) is 11.5 Å². The molecule has 0 saturated carbocycles. The fourth-order valence-corrected chi connectivity index (χ4v) is 4.65. The molecule has 160 valence electrons. The van der Waals surface area contributed by atoms with Gasteiger partial charge < -0.3 is 24.8 Å². The second-order valence-electron chi connectivity index (χ2n) is 6.86. The van der Waals surface area contributed by atoms with Gasteiger partial charge in [-0.05, 0) is 35.9 Å². The van der Waals surface area contributed by atoms with Crippen LogP contribution in [0.3, 0.4) is 0 Å². The summed E-state index contributed by atoms with van der Waals surface area (Å²) in [5, 5.41) is 5.79. The summed E-state index contributed by atoms with van der Waals surface area (Å²) in [6.07, 6.45) is 0. The maximum Gasteiger partial charge on any atom is 0.243 e. The molecule has 9 nitrogen and oxygen atoms in total. The minimum Gasteiger partial charge on any atom is -0.454 e. The van der Waals surface area contributed by atoms with Gasteiger partial charge in [0, 0.05) is 25.3 Å². The lowest BCUT2D eigenvalue weighted by Crippen LogP contribution is -2.40. The van der Waals surface area contributed by atoms with Crippen molar-refractivity contribution in [1.82, 2.24) is 9.62 Å². The zero-order chi connectivity index (χ0) is 21.0. The predicted molar refractivity (Wildman–Crippen MR) is 109 cm³/mol. The Hall–Kier alpha value is -2.82. The molecule has 2 heterocycles. The molecule has 2 aliphatic heterocycles. The third kappa shape index (κ3) is 4.66. The molecule has 0 atom stereocenters. The Kier molecular flexibility index (Phi) is 6.07. The number of carbonyl (C=O) groups is 1. The number of amides is 1. The first kappa shape index (κ1) is 20.5. The molecule has 1 amide bonds. The van der Waals surface area contributed by atoms with Gasteiger partial charge in [0.05, 0.1) is 24.7 Å². The summed E-state index contributed by atoms with van der Waals surface area (Å²) in [5.74, 6) is 1.14. The van der Waals surface area contributed by atoms with Crippen molar-refractivity contribution in [2.75, 3.05) is 45.0 Å². The van der Waals surface area contributed by atoms with Gasteiger partial charge in [0.15, 0.2) is 11.5 Å². The van der Waals surface area contributed by atoms with Crippen molar-refractivity contribution < 1.29 is 27.4 Å². The van der Waals surface area contributed by atoms with E-state index in [-0.39, 0.29) is 24.1 Å². The van der Waals surface area contributed by atoms with Crippen LogP contribution in [0.15, 0.2) is 47.4 Å². The van der Waals surface area contributed by atoms with Gasteiger partial charge in [-0.15, -0.1) is 0 Å². The van der Waals surface area contributed by atoms with E-state index in [0.717, 1.165) is 5.56 Å². The molecule has 0 spiro atoms. The second kappa shape index (κ2) is 8.90. The number of fused-ring (bicyclic) bond motifs is 1. The molecule has 0 unspecified atom stereocenters. The van der Waals surface area contributed by atoms with Crippen LogP contribution in [-0.2, 0) is 26.1 Å². The van der Waals surface area contributed by atoms with E-state index in [9.17, 15) is 13.2 Å². The average Bonchev–Trinajstić information content (AvgIpc) is 3.25. The third-order valence-corrected chi connectivity index (χ3v) is 6.72. The normalized spacial score (nSPS) is 16.3. The minimum absolute atomic E-state index is 0.0195. The van der Waals surface area contributed by atoms with E-state index < -0.39 is 10.0 Å². The Bertz CT molecular complexity index is 1020. The van der Waals surface area contributed by atoms with E-state index in [4.69, 9.17) is 14.2 Å². The quantitative estimate of drug-likeness (QED) is 0.675. The molecule has 0 aromatic heterocycles. The van der Waals surface area contributed by atoms with Crippen LogP contribution in [0.1, 0.15) is 5.56 Å². The van der Waals surface area contributed by atoms with Crippen LogP contribution in [0.2, 0.25) is 0 Å². The summed E-state index contributed by atoms with van der Waals surface area (Å²) in [6, 6.07) is 12.0. The highest BCUT2D eigenvalue weighted by Gasteiger charge is 2.26. The van der Waals surface area contributed by atoms with Gasteiger partial charge >= 0.3 is 0 Å². The van der Waals surface area contributed by atoms with Crippen molar-refractivity contribution in [2.24, 2.45) is 0 Å². The molecule has 2 aromatic carbocycles. The molecule has 2 aromatic rings. The van der Waals surface area contributed by atoms with Crippen LogP contribution in [0.4, 0.5) is 5.69 Å². The fourth-order valence-electron chi connectivity index (χ4n) is 3.20. The number of nitrogens with zero attached hydrogens (tertiary/aromatic N) is 1. The van der Waals surface area contributed by atoms with Gasteiger partial charge in [-0.2, -0.15) is 4.31 Å².